The predicted molar refractivity (Wildman–Crippen MR) is 112 cm³/mol. The van der Waals surface area contributed by atoms with E-state index in [9.17, 15) is 19.7 Å². The molecule has 0 saturated carbocycles. The molecule has 1 aliphatic rings. The summed E-state index contributed by atoms with van der Waals surface area (Å²) >= 11 is 6.05. The topological polar surface area (TPSA) is 96.9 Å². The largest absolute Gasteiger partial charge is 0.450 e. The maximum absolute atomic E-state index is 13.4. The molecule has 9 heteroatoms. The minimum atomic E-state index is -0.785. The second kappa shape index (κ2) is 7.55. The summed E-state index contributed by atoms with van der Waals surface area (Å²) < 4.78 is 5.82. The molecule has 0 fully saturated rings. The lowest BCUT2D eigenvalue weighted by atomic mass is 9.98. The first-order chi connectivity index (χ1) is 14.3. The molecule has 1 atom stereocenters. The number of likely N-dealkylation sites (N-methyl/N-ethyl adjacent to an activating group) is 1. The number of nitro benzene ring substituents is 1. The molecular weight excluding hydrogens is 410 g/mol. The summed E-state index contributed by atoms with van der Waals surface area (Å²) in [6.45, 7) is 0.866. The van der Waals surface area contributed by atoms with Crippen molar-refractivity contribution in [3.05, 3.63) is 84.7 Å². The van der Waals surface area contributed by atoms with E-state index >= 15 is 0 Å². The summed E-state index contributed by atoms with van der Waals surface area (Å²) in [6.07, 6.45) is 0. The molecule has 0 spiro atoms. The van der Waals surface area contributed by atoms with Gasteiger partial charge in [0.15, 0.2) is 5.43 Å². The summed E-state index contributed by atoms with van der Waals surface area (Å²) in [5.41, 5.74) is 0.432. The van der Waals surface area contributed by atoms with E-state index in [1.54, 1.807) is 24.3 Å². The highest BCUT2D eigenvalue weighted by Crippen LogP contribution is 2.39. The van der Waals surface area contributed by atoms with Crippen LogP contribution in [0.2, 0.25) is 5.02 Å². The summed E-state index contributed by atoms with van der Waals surface area (Å²) in [4.78, 5) is 40.8. The lowest BCUT2D eigenvalue weighted by Gasteiger charge is -2.26. The van der Waals surface area contributed by atoms with Gasteiger partial charge in [-0.05, 0) is 37.9 Å². The molecule has 0 saturated heterocycles. The van der Waals surface area contributed by atoms with Gasteiger partial charge >= 0.3 is 0 Å². The Morgan fingerprint density at radius 2 is 1.97 bits per heavy atom. The molecule has 30 heavy (non-hydrogen) atoms. The monoisotopic (exact) mass is 427 g/mol. The number of rotatable bonds is 5. The van der Waals surface area contributed by atoms with Crippen LogP contribution in [0.5, 0.6) is 0 Å². The number of carbonyl (C=O) groups is 1. The molecule has 1 aliphatic heterocycles. The highest BCUT2D eigenvalue weighted by atomic mass is 35.5. The third-order valence-electron chi connectivity index (χ3n) is 5.11. The molecule has 1 aromatic heterocycles. The molecule has 3 aromatic rings. The molecule has 2 heterocycles. The summed E-state index contributed by atoms with van der Waals surface area (Å²) in [5.74, 6) is -0.456. The van der Waals surface area contributed by atoms with E-state index in [0.717, 1.165) is 0 Å². The van der Waals surface area contributed by atoms with Gasteiger partial charge in [0.1, 0.15) is 5.58 Å². The van der Waals surface area contributed by atoms with Crippen LogP contribution in [-0.4, -0.2) is 47.8 Å². The average molecular weight is 428 g/mol. The molecule has 0 aliphatic carbocycles. The predicted octanol–water partition coefficient (Wildman–Crippen LogP) is 3.46. The molecule has 0 radical (unpaired) electrons. The zero-order valence-corrected chi connectivity index (χ0v) is 17.0. The smallest absolute Gasteiger partial charge is 0.290 e. The highest BCUT2D eigenvalue weighted by molar-refractivity contribution is 6.31. The van der Waals surface area contributed by atoms with Crippen LogP contribution >= 0.6 is 11.6 Å². The number of hydrogen-bond acceptors (Lipinski definition) is 6. The molecule has 0 bridgehead atoms. The van der Waals surface area contributed by atoms with Crippen molar-refractivity contribution in [3.8, 4) is 0 Å². The van der Waals surface area contributed by atoms with Crippen LogP contribution in [0.4, 0.5) is 5.69 Å². The van der Waals surface area contributed by atoms with E-state index in [-0.39, 0.29) is 33.4 Å². The lowest BCUT2D eigenvalue weighted by Crippen LogP contribution is -2.35. The first-order valence-corrected chi connectivity index (χ1v) is 9.62. The molecular formula is C21H18ClN3O5. The van der Waals surface area contributed by atoms with Crippen molar-refractivity contribution >= 4 is 34.2 Å². The van der Waals surface area contributed by atoms with E-state index < -0.39 is 16.9 Å². The third kappa shape index (κ3) is 3.34. The van der Waals surface area contributed by atoms with E-state index in [1.165, 1.54) is 23.1 Å². The van der Waals surface area contributed by atoms with Gasteiger partial charge in [-0.3, -0.25) is 19.7 Å². The SMILES string of the molecule is CN(C)CCN1C(=O)c2oc3ccc(Cl)cc3c(=O)c2C1c1cccc([N+](=O)[O-])c1. The zero-order chi connectivity index (χ0) is 21.6. The fourth-order valence-electron chi connectivity index (χ4n) is 3.69. The van der Waals surface area contributed by atoms with Gasteiger partial charge in [0.2, 0.25) is 5.76 Å². The normalized spacial score (nSPS) is 15.8. The van der Waals surface area contributed by atoms with Crippen molar-refractivity contribution in [3.63, 3.8) is 0 Å². The van der Waals surface area contributed by atoms with Crippen molar-refractivity contribution < 1.29 is 14.1 Å². The van der Waals surface area contributed by atoms with Crippen LogP contribution in [0.25, 0.3) is 11.0 Å². The Morgan fingerprint density at radius 1 is 1.20 bits per heavy atom. The van der Waals surface area contributed by atoms with E-state index in [0.29, 0.717) is 23.7 Å². The van der Waals surface area contributed by atoms with Gasteiger partial charge in [0.05, 0.1) is 21.9 Å². The van der Waals surface area contributed by atoms with Gasteiger partial charge < -0.3 is 14.2 Å². The second-order valence-electron chi connectivity index (χ2n) is 7.37. The minimum absolute atomic E-state index is 0.0370. The van der Waals surface area contributed by atoms with Crippen LogP contribution in [0, 0.1) is 10.1 Å². The Hall–Kier alpha value is -3.23. The van der Waals surface area contributed by atoms with Crippen molar-refractivity contribution in [1.29, 1.82) is 0 Å². The summed E-state index contributed by atoms with van der Waals surface area (Å²) in [7, 11) is 3.74. The van der Waals surface area contributed by atoms with Crippen molar-refractivity contribution in [2.75, 3.05) is 27.2 Å². The highest BCUT2D eigenvalue weighted by Gasteiger charge is 2.42. The Balaban J connectivity index is 1.96. The molecule has 1 amide bonds. The number of carbonyl (C=O) groups excluding carboxylic acids is 1. The third-order valence-corrected chi connectivity index (χ3v) is 5.35. The van der Waals surface area contributed by atoms with E-state index in [4.69, 9.17) is 16.0 Å². The Morgan fingerprint density at radius 3 is 2.67 bits per heavy atom. The molecule has 2 aromatic carbocycles. The van der Waals surface area contributed by atoms with Gasteiger partial charge in [0, 0.05) is 30.2 Å². The van der Waals surface area contributed by atoms with Crippen LogP contribution in [0.15, 0.2) is 51.7 Å². The maximum atomic E-state index is 13.4. The molecule has 154 valence electrons. The van der Waals surface area contributed by atoms with Crippen LogP contribution in [0.3, 0.4) is 0 Å². The Bertz CT molecular complexity index is 1240. The van der Waals surface area contributed by atoms with Gasteiger partial charge in [-0.25, -0.2) is 0 Å². The van der Waals surface area contributed by atoms with Gasteiger partial charge in [-0.1, -0.05) is 23.7 Å². The maximum Gasteiger partial charge on any atom is 0.290 e. The van der Waals surface area contributed by atoms with Crippen molar-refractivity contribution in [1.82, 2.24) is 9.80 Å². The Kier molecular flexibility index (Phi) is 5.05. The van der Waals surface area contributed by atoms with Crippen LogP contribution in [0.1, 0.15) is 27.7 Å². The minimum Gasteiger partial charge on any atom is -0.450 e. The molecule has 0 N–H and O–H groups in total. The van der Waals surface area contributed by atoms with Gasteiger partial charge in [-0.2, -0.15) is 0 Å². The first-order valence-electron chi connectivity index (χ1n) is 9.24. The van der Waals surface area contributed by atoms with Crippen LogP contribution < -0.4 is 5.43 Å². The van der Waals surface area contributed by atoms with Gasteiger partial charge in [-0.15, -0.1) is 0 Å². The molecule has 1 unspecified atom stereocenters. The van der Waals surface area contributed by atoms with E-state index in [2.05, 4.69) is 0 Å². The number of hydrogen-bond donors (Lipinski definition) is 0. The summed E-state index contributed by atoms with van der Waals surface area (Å²) in [6, 6.07) is 9.82. The number of nitrogens with zero attached hydrogens (tertiary/aromatic N) is 3. The quantitative estimate of drug-likeness (QED) is 0.457. The number of fused-ring (bicyclic) bond motifs is 2. The van der Waals surface area contributed by atoms with Gasteiger partial charge in [0.25, 0.3) is 11.6 Å². The second-order valence-corrected chi connectivity index (χ2v) is 7.81. The number of halogens is 1. The molecule has 8 nitrogen and oxygen atoms in total. The number of non-ortho nitro benzene ring substituents is 1. The molecule has 4 rings (SSSR count). The van der Waals surface area contributed by atoms with Crippen LogP contribution in [-0.2, 0) is 0 Å². The average Bonchev–Trinajstić information content (AvgIpc) is 2.99. The van der Waals surface area contributed by atoms with Crippen molar-refractivity contribution in [2.45, 2.75) is 6.04 Å². The first kappa shape index (κ1) is 20.1. The summed E-state index contributed by atoms with van der Waals surface area (Å²) in [5, 5.41) is 11.9. The fourth-order valence-corrected chi connectivity index (χ4v) is 3.86. The number of amides is 1. The fraction of sp³-hybridized carbons (Fsp3) is 0.238. The standard InChI is InChI=1S/C21H18ClN3O5/c1-23(2)8-9-24-18(12-4-3-5-14(10-12)25(28)29)17-19(26)15-11-13(22)6-7-16(15)30-20(17)21(24)27/h3-7,10-11,18H,8-9H2,1-2H3. The zero-order valence-electron chi connectivity index (χ0n) is 16.3. The number of nitro groups is 1. The number of benzene rings is 2. The van der Waals surface area contributed by atoms with Crippen molar-refractivity contribution in [2.24, 2.45) is 0 Å². The lowest BCUT2D eigenvalue weighted by molar-refractivity contribution is -0.384. The Labute approximate surface area is 176 Å². The van der Waals surface area contributed by atoms with E-state index in [1.807, 2.05) is 19.0 Å².